The quantitative estimate of drug-likeness (QED) is 0.794. The summed E-state index contributed by atoms with van der Waals surface area (Å²) in [5.74, 6) is 1.27. The van der Waals surface area contributed by atoms with Crippen LogP contribution in [0, 0.1) is 0 Å². The monoisotopic (exact) mass is 262 g/mol. The third kappa shape index (κ3) is 2.25. The summed E-state index contributed by atoms with van der Waals surface area (Å²) in [7, 11) is 0. The van der Waals surface area contributed by atoms with Crippen molar-refractivity contribution in [2.45, 2.75) is 38.6 Å². The minimum atomic E-state index is 0.520. The lowest BCUT2D eigenvalue weighted by atomic mass is 10.2. The highest BCUT2D eigenvalue weighted by molar-refractivity contribution is 6.29. The lowest BCUT2D eigenvalue weighted by Crippen LogP contribution is -2.04. The van der Waals surface area contributed by atoms with E-state index in [0.29, 0.717) is 16.9 Å². The molecule has 0 atom stereocenters. The van der Waals surface area contributed by atoms with Gasteiger partial charge in [-0.1, -0.05) is 18.5 Å². The number of nitrogens with zero attached hydrogens (tertiary/aromatic N) is 4. The maximum absolute atomic E-state index is 6.09. The van der Waals surface area contributed by atoms with Crippen molar-refractivity contribution in [1.29, 1.82) is 0 Å². The van der Waals surface area contributed by atoms with Crippen molar-refractivity contribution in [1.82, 2.24) is 19.7 Å². The van der Waals surface area contributed by atoms with Gasteiger partial charge in [-0.05, 0) is 31.4 Å². The van der Waals surface area contributed by atoms with Crippen molar-refractivity contribution in [3.63, 3.8) is 0 Å². The van der Waals surface area contributed by atoms with Crippen LogP contribution >= 0.6 is 11.6 Å². The van der Waals surface area contributed by atoms with Crippen LogP contribution < -0.4 is 0 Å². The molecule has 2 aromatic heterocycles. The van der Waals surface area contributed by atoms with Crippen LogP contribution in [0.2, 0.25) is 5.15 Å². The molecule has 0 N–H and O–H groups in total. The van der Waals surface area contributed by atoms with E-state index >= 15 is 0 Å². The summed E-state index contributed by atoms with van der Waals surface area (Å²) in [6, 6.07) is 3.82. The molecule has 0 amide bonds. The molecule has 1 aliphatic carbocycles. The summed E-state index contributed by atoms with van der Waals surface area (Å²) in [4.78, 5) is 8.95. The summed E-state index contributed by atoms with van der Waals surface area (Å²) in [5.41, 5.74) is 2.01. The molecule has 0 saturated heterocycles. The topological polar surface area (TPSA) is 43.6 Å². The number of hydrogen-bond acceptors (Lipinski definition) is 3. The van der Waals surface area contributed by atoms with Gasteiger partial charge >= 0.3 is 0 Å². The van der Waals surface area contributed by atoms with Gasteiger partial charge in [0, 0.05) is 24.4 Å². The summed E-state index contributed by atoms with van der Waals surface area (Å²) < 4.78 is 1.93. The molecule has 0 unspecified atom stereocenters. The van der Waals surface area contributed by atoms with Gasteiger partial charge in [0.15, 0.2) is 5.82 Å². The highest BCUT2D eigenvalue weighted by Gasteiger charge is 2.26. The van der Waals surface area contributed by atoms with Crippen LogP contribution in [0.3, 0.4) is 0 Å². The molecule has 0 bridgehead atoms. The lowest BCUT2D eigenvalue weighted by molar-refractivity contribution is 0.606. The van der Waals surface area contributed by atoms with Crippen LogP contribution in [0.5, 0.6) is 0 Å². The van der Waals surface area contributed by atoms with E-state index in [1.807, 2.05) is 16.8 Å². The zero-order valence-corrected chi connectivity index (χ0v) is 11.1. The van der Waals surface area contributed by atoms with Gasteiger partial charge in [-0.2, -0.15) is 5.10 Å². The van der Waals surface area contributed by atoms with E-state index in [0.717, 1.165) is 24.4 Å². The van der Waals surface area contributed by atoms with Crippen LogP contribution in [0.1, 0.15) is 37.8 Å². The molecular weight excluding hydrogens is 248 g/mol. The molecule has 1 fully saturated rings. The van der Waals surface area contributed by atoms with Gasteiger partial charge in [-0.3, -0.25) is 4.68 Å². The SMILES string of the molecule is CCCn1nccc1-c1nc(Cl)cc(C2CC2)n1. The Morgan fingerprint density at radius 1 is 1.39 bits per heavy atom. The molecule has 1 aliphatic rings. The predicted octanol–water partition coefficient (Wildman–Crippen LogP) is 3.28. The average Bonchev–Trinajstić information content (AvgIpc) is 3.10. The number of rotatable bonds is 4. The fourth-order valence-corrected chi connectivity index (χ4v) is 2.24. The largest absolute Gasteiger partial charge is 0.262 e. The second-order valence-corrected chi connectivity index (χ2v) is 5.04. The first-order valence-corrected chi connectivity index (χ1v) is 6.72. The van der Waals surface area contributed by atoms with Gasteiger partial charge < -0.3 is 0 Å². The van der Waals surface area contributed by atoms with E-state index in [4.69, 9.17) is 11.6 Å². The molecule has 94 valence electrons. The fraction of sp³-hybridized carbons (Fsp3) is 0.462. The number of aromatic nitrogens is 4. The van der Waals surface area contributed by atoms with Crippen LogP contribution in [-0.2, 0) is 6.54 Å². The molecule has 1 saturated carbocycles. The molecule has 5 heteroatoms. The van der Waals surface area contributed by atoms with Gasteiger partial charge in [-0.25, -0.2) is 9.97 Å². The zero-order chi connectivity index (χ0) is 12.5. The molecule has 18 heavy (non-hydrogen) atoms. The molecule has 0 aliphatic heterocycles. The average molecular weight is 263 g/mol. The molecule has 2 heterocycles. The minimum Gasteiger partial charge on any atom is -0.262 e. The first-order chi connectivity index (χ1) is 8.78. The van der Waals surface area contributed by atoms with E-state index in [1.165, 1.54) is 12.8 Å². The summed E-state index contributed by atoms with van der Waals surface area (Å²) in [5, 5.41) is 4.82. The third-order valence-electron chi connectivity index (χ3n) is 3.09. The van der Waals surface area contributed by atoms with E-state index < -0.39 is 0 Å². The highest BCUT2D eigenvalue weighted by Crippen LogP contribution is 2.40. The second-order valence-electron chi connectivity index (χ2n) is 4.65. The maximum atomic E-state index is 6.09. The van der Waals surface area contributed by atoms with Gasteiger partial charge in [0.1, 0.15) is 10.8 Å². The molecule has 2 aromatic rings. The van der Waals surface area contributed by atoms with Gasteiger partial charge in [0.2, 0.25) is 0 Å². The molecule has 4 nitrogen and oxygen atoms in total. The summed E-state index contributed by atoms with van der Waals surface area (Å²) in [6.45, 7) is 3.00. The predicted molar refractivity (Wildman–Crippen MR) is 70.5 cm³/mol. The first kappa shape index (κ1) is 11.7. The third-order valence-corrected chi connectivity index (χ3v) is 3.28. The summed E-state index contributed by atoms with van der Waals surface area (Å²) in [6.07, 6.45) is 5.23. The van der Waals surface area contributed by atoms with Crippen molar-refractivity contribution in [2.24, 2.45) is 0 Å². The zero-order valence-electron chi connectivity index (χ0n) is 10.3. The van der Waals surface area contributed by atoms with Gasteiger partial charge in [0.05, 0.1) is 0 Å². The maximum Gasteiger partial charge on any atom is 0.179 e. The second kappa shape index (κ2) is 4.69. The Morgan fingerprint density at radius 3 is 2.94 bits per heavy atom. The number of aryl methyl sites for hydroxylation is 1. The summed E-state index contributed by atoms with van der Waals surface area (Å²) >= 11 is 6.09. The van der Waals surface area contributed by atoms with Crippen molar-refractivity contribution >= 4 is 11.6 Å². The fourth-order valence-electron chi connectivity index (χ4n) is 2.05. The Balaban J connectivity index is 2.01. The number of halogens is 1. The minimum absolute atomic E-state index is 0.520. The van der Waals surface area contributed by atoms with Crippen LogP contribution in [0.4, 0.5) is 0 Å². The number of hydrogen-bond donors (Lipinski definition) is 0. The Hall–Kier alpha value is -1.42. The van der Waals surface area contributed by atoms with E-state index in [1.54, 1.807) is 6.20 Å². The smallest absolute Gasteiger partial charge is 0.179 e. The highest BCUT2D eigenvalue weighted by atomic mass is 35.5. The Kier molecular flexibility index (Phi) is 3.04. The first-order valence-electron chi connectivity index (χ1n) is 6.34. The standard InChI is InChI=1S/C13H15ClN4/c1-2-7-18-11(5-6-15-18)13-16-10(9-3-4-9)8-12(14)17-13/h5-6,8-9H,2-4,7H2,1H3. The molecule has 0 aromatic carbocycles. The molecule has 3 rings (SSSR count). The van der Waals surface area contributed by atoms with Gasteiger partial charge in [0.25, 0.3) is 0 Å². The lowest BCUT2D eigenvalue weighted by Gasteiger charge is -2.07. The van der Waals surface area contributed by atoms with Crippen molar-refractivity contribution in [2.75, 3.05) is 0 Å². The van der Waals surface area contributed by atoms with Gasteiger partial charge in [-0.15, -0.1) is 0 Å². The van der Waals surface area contributed by atoms with Crippen molar-refractivity contribution < 1.29 is 0 Å². The van der Waals surface area contributed by atoms with Crippen LogP contribution in [0.15, 0.2) is 18.3 Å². The van der Waals surface area contributed by atoms with Crippen LogP contribution in [0.25, 0.3) is 11.5 Å². The Morgan fingerprint density at radius 2 is 2.22 bits per heavy atom. The molecule has 0 radical (unpaired) electrons. The normalized spacial score (nSPS) is 15.0. The van der Waals surface area contributed by atoms with E-state index in [2.05, 4.69) is 22.0 Å². The van der Waals surface area contributed by atoms with Crippen molar-refractivity contribution in [3.8, 4) is 11.5 Å². The van der Waals surface area contributed by atoms with E-state index in [9.17, 15) is 0 Å². The molecular formula is C13H15ClN4. The van der Waals surface area contributed by atoms with Crippen LogP contribution in [-0.4, -0.2) is 19.7 Å². The molecule has 0 spiro atoms. The van der Waals surface area contributed by atoms with Crippen molar-refractivity contribution in [3.05, 3.63) is 29.2 Å². The Labute approximate surface area is 111 Å². The Bertz CT molecular complexity index is 560. The van der Waals surface area contributed by atoms with E-state index in [-0.39, 0.29) is 0 Å².